The molecule has 0 aliphatic carbocycles. The van der Waals surface area contributed by atoms with Crippen LogP contribution >= 0.6 is 7.82 Å². The summed E-state index contributed by atoms with van der Waals surface area (Å²) in [5, 5.41) is 18.9. The van der Waals surface area contributed by atoms with Crippen LogP contribution in [0, 0.1) is 0 Å². The predicted octanol–water partition coefficient (Wildman–Crippen LogP) is 10.2. The van der Waals surface area contributed by atoms with Gasteiger partial charge in [0.15, 0.2) is 6.10 Å². The lowest BCUT2D eigenvalue weighted by molar-refractivity contribution is -0.161. The minimum atomic E-state index is -4.76. The van der Waals surface area contributed by atoms with Crippen molar-refractivity contribution in [3.63, 3.8) is 0 Å². The van der Waals surface area contributed by atoms with Gasteiger partial charge in [-0.3, -0.25) is 23.4 Å². The Bertz CT molecular complexity index is 1380. The summed E-state index contributed by atoms with van der Waals surface area (Å²) in [5.41, 5.74) is 5.32. The molecule has 0 aromatic carbocycles. The van der Waals surface area contributed by atoms with E-state index >= 15 is 0 Å². The molecule has 4 atom stereocenters. The maximum Gasteiger partial charge on any atom is 0.472 e. The molecule has 0 fully saturated rings. The maximum absolute atomic E-state index is 12.6. The van der Waals surface area contributed by atoms with E-state index in [0.717, 1.165) is 57.8 Å². The van der Waals surface area contributed by atoms with Crippen LogP contribution in [0.3, 0.4) is 0 Å². The quantitative estimate of drug-likeness (QED) is 0.0151. The van der Waals surface area contributed by atoms with Crippen LogP contribution in [0.25, 0.3) is 0 Å². The third kappa shape index (κ3) is 39.6. The number of esters is 2. The molecule has 0 saturated heterocycles. The van der Waals surface area contributed by atoms with E-state index in [2.05, 4.69) is 73.1 Å². The highest BCUT2D eigenvalue weighted by Gasteiger charge is 2.28. The number of nitrogens with two attached hydrogens (primary N) is 1. The molecular weight excluding hydrogens is 773 g/mol. The second-order valence-corrected chi connectivity index (χ2v) is 15.4. The number of carboxylic acid groups (broad SMARTS) is 1. The Balaban J connectivity index is 4.60. The van der Waals surface area contributed by atoms with Gasteiger partial charge in [0, 0.05) is 12.8 Å². The SMILES string of the molecule is CC/C=C\C/C=C\C/C=C\C/C=C\CCCCCCC(=O)O[C@H](COC(=O)CCC/C=C\C/C=C\C=C\[C@H](O)C/C=C\CCCCC)COP(=O)(O)OC[C@H](N)C(=O)O. The van der Waals surface area contributed by atoms with Gasteiger partial charge in [-0.05, 0) is 83.5 Å². The summed E-state index contributed by atoms with van der Waals surface area (Å²) in [5.74, 6) is -2.54. The molecule has 1 unspecified atom stereocenters. The van der Waals surface area contributed by atoms with Crippen molar-refractivity contribution in [3.8, 4) is 0 Å². The van der Waals surface area contributed by atoms with Crippen molar-refractivity contribution < 1.29 is 52.6 Å². The van der Waals surface area contributed by atoms with E-state index in [1.165, 1.54) is 19.3 Å². The molecule has 0 saturated carbocycles. The number of carbonyl (C=O) groups is 3. The number of rotatable bonds is 38. The maximum atomic E-state index is 12.6. The van der Waals surface area contributed by atoms with Gasteiger partial charge in [-0.25, -0.2) is 4.57 Å². The summed E-state index contributed by atoms with van der Waals surface area (Å²) >= 11 is 0. The number of unbranched alkanes of at least 4 members (excludes halogenated alkanes) is 8. The molecule has 0 radical (unpaired) electrons. The van der Waals surface area contributed by atoms with Crippen molar-refractivity contribution in [2.45, 2.75) is 154 Å². The third-order valence-corrected chi connectivity index (χ3v) is 9.35. The highest BCUT2D eigenvalue weighted by molar-refractivity contribution is 7.47. The van der Waals surface area contributed by atoms with Gasteiger partial charge in [-0.1, -0.05) is 137 Å². The van der Waals surface area contributed by atoms with Crippen LogP contribution in [0.15, 0.2) is 97.2 Å². The summed E-state index contributed by atoms with van der Waals surface area (Å²) in [7, 11) is -4.76. The van der Waals surface area contributed by atoms with Crippen LogP contribution in [0.1, 0.15) is 136 Å². The molecule has 12 nitrogen and oxygen atoms in total. The first-order chi connectivity index (χ1) is 28.5. The van der Waals surface area contributed by atoms with Gasteiger partial charge in [0.2, 0.25) is 0 Å². The zero-order valence-electron chi connectivity index (χ0n) is 35.7. The largest absolute Gasteiger partial charge is 0.480 e. The molecule has 0 heterocycles. The molecule has 59 heavy (non-hydrogen) atoms. The lowest BCUT2D eigenvalue weighted by atomic mass is 10.1. The molecule has 5 N–H and O–H groups in total. The first-order valence-corrected chi connectivity index (χ1v) is 22.9. The number of carbonyl (C=O) groups excluding carboxylic acids is 2. The molecule has 334 valence electrons. The van der Waals surface area contributed by atoms with Crippen molar-refractivity contribution in [1.82, 2.24) is 0 Å². The summed E-state index contributed by atoms with van der Waals surface area (Å²) in [6, 6.07) is -1.55. The normalized spacial score (nSPS) is 15.2. The number of hydrogen-bond acceptors (Lipinski definition) is 10. The minimum Gasteiger partial charge on any atom is -0.480 e. The Morgan fingerprint density at radius 2 is 1.17 bits per heavy atom. The van der Waals surface area contributed by atoms with Crippen LogP contribution in [-0.2, 0) is 37.5 Å². The molecule has 0 rings (SSSR count). The Morgan fingerprint density at radius 3 is 1.81 bits per heavy atom. The van der Waals surface area contributed by atoms with E-state index in [1.54, 1.807) is 6.08 Å². The lowest BCUT2D eigenvalue weighted by Gasteiger charge is -2.20. The van der Waals surface area contributed by atoms with Crippen LogP contribution in [0.5, 0.6) is 0 Å². The molecule has 0 bridgehead atoms. The fourth-order valence-electron chi connectivity index (χ4n) is 5.01. The standard InChI is InChI=1S/C46H74NO11P/c1-3-5-7-9-11-12-13-14-15-16-17-18-19-20-25-29-33-37-45(50)58-42(39-56-59(53,54)57-40-43(47)46(51)52)38-55-44(49)36-32-28-24-22-21-23-27-31-35-41(48)34-30-26-10-8-6-4-2/h5,7,11-12,14-15,17-18,22-24,26-27,30-31,35,41-43,48H,3-4,6,8-10,13,16,19-21,25,28-29,32-34,36-40,47H2,1-2H3,(H,51,52)(H,53,54)/b7-5-,12-11-,15-14-,18-17-,24-22-,27-23-,30-26-,35-31+/t41-,42-,43+/m1/s1. The van der Waals surface area contributed by atoms with Crippen molar-refractivity contribution in [2.24, 2.45) is 5.73 Å². The number of allylic oxidation sites excluding steroid dienone is 14. The zero-order chi connectivity index (χ0) is 43.7. The van der Waals surface area contributed by atoms with Crippen LogP contribution < -0.4 is 5.73 Å². The number of ether oxygens (including phenoxy) is 2. The number of phosphoric ester groups is 1. The van der Waals surface area contributed by atoms with E-state index in [9.17, 15) is 28.9 Å². The monoisotopic (exact) mass is 847 g/mol. The second kappa shape index (κ2) is 39.8. The Morgan fingerprint density at radius 1 is 0.627 bits per heavy atom. The van der Waals surface area contributed by atoms with Crippen LogP contribution in [0.2, 0.25) is 0 Å². The Kier molecular flexibility index (Phi) is 37.3. The zero-order valence-corrected chi connectivity index (χ0v) is 36.6. The molecule has 0 aromatic rings. The third-order valence-electron chi connectivity index (χ3n) is 8.40. The molecule has 0 amide bonds. The highest BCUT2D eigenvalue weighted by atomic mass is 31.2. The van der Waals surface area contributed by atoms with Gasteiger partial charge in [-0.15, -0.1) is 0 Å². The van der Waals surface area contributed by atoms with Gasteiger partial charge in [0.05, 0.1) is 19.3 Å². The average molecular weight is 848 g/mol. The van der Waals surface area contributed by atoms with E-state index in [-0.39, 0.29) is 12.8 Å². The van der Waals surface area contributed by atoms with Crippen molar-refractivity contribution in [1.29, 1.82) is 0 Å². The molecule has 0 aliphatic rings. The van der Waals surface area contributed by atoms with E-state index < -0.39 is 63.8 Å². The number of carboxylic acids is 1. The van der Waals surface area contributed by atoms with Crippen molar-refractivity contribution in [2.75, 3.05) is 19.8 Å². The number of aliphatic carboxylic acids is 1. The number of phosphoric acid groups is 1. The second-order valence-electron chi connectivity index (χ2n) is 13.9. The Labute approximate surface area is 354 Å². The topological polar surface area (TPSA) is 192 Å². The van der Waals surface area contributed by atoms with E-state index in [0.29, 0.717) is 32.1 Å². The van der Waals surface area contributed by atoms with Gasteiger partial charge in [0.1, 0.15) is 12.6 Å². The average Bonchev–Trinajstić information content (AvgIpc) is 3.21. The van der Waals surface area contributed by atoms with Gasteiger partial charge >= 0.3 is 25.7 Å². The first-order valence-electron chi connectivity index (χ1n) is 21.4. The molecule has 13 heteroatoms. The van der Waals surface area contributed by atoms with Gasteiger partial charge < -0.3 is 30.3 Å². The van der Waals surface area contributed by atoms with Crippen LogP contribution in [0.4, 0.5) is 0 Å². The number of hydrogen-bond donors (Lipinski definition) is 4. The molecule has 0 aliphatic heterocycles. The summed E-state index contributed by atoms with van der Waals surface area (Å²) < 4.78 is 32.6. The van der Waals surface area contributed by atoms with Crippen molar-refractivity contribution in [3.05, 3.63) is 97.2 Å². The van der Waals surface area contributed by atoms with Crippen LogP contribution in [-0.4, -0.2) is 71.1 Å². The lowest BCUT2D eigenvalue weighted by Crippen LogP contribution is -2.34. The Hall–Kier alpha value is -3.64. The van der Waals surface area contributed by atoms with E-state index in [1.807, 2.05) is 36.5 Å². The van der Waals surface area contributed by atoms with Gasteiger partial charge in [0.25, 0.3) is 0 Å². The fraction of sp³-hybridized carbons (Fsp3) is 0.587. The predicted molar refractivity (Wildman–Crippen MR) is 236 cm³/mol. The fourth-order valence-corrected chi connectivity index (χ4v) is 5.79. The summed E-state index contributed by atoms with van der Waals surface area (Å²) in [4.78, 5) is 45.9. The molecular formula is C46H74NO11P. The smallest absolute Gasteiger partial charge is 0.472 e. The first kappa shape index (κ1) is 55.4. The summed E-state index contributed by atoms with van der Waals surface area (Å²) in [6.45, 7) is 2.47. The molecule has 0 spiro atoms. The summed E-state index contributed by atoms with van der Waals surface area (Å²) in [6.07, 6.45) is 46.5. The highest BCUT2D eigenvalue weighted by Crippen LogP contribution is 2.43. The number of aliphatic hydroxyl groups is 1. The van der Waals surface area contributed by atoms with Gasteiger partial charge in [-0.2, -0.15) is 0 Å². The van der Waals surface area contributed by atoms with Crippen molar-refractivity contribution >= 4 is 25.7 Å². The van der Waals surface area contributed by atoms with E-state index in [4.69, 9.17) is 24.8 Å². The number of aliphatic hydroxyl groups excluding tert-OH is 1. The minimum absolute atomic E-state index is 0.102. The molecule has 0 aromatic heterocycles.